The Labute approximate surface area is 196 Å². The number of carboxylic acid groups (broad SMARTS) is 1. The molecule has 3 heterocycles. The van der Waals surface area contributed by atoms with Crippen molar-refractivity contribution < 1.29 is 19.0 Å². The highest BCUT2D eigenvalue weighted by Gasteiger charge is 2.34. The minimum absolute atomic E-state index is 0.0280. The molecule has 5 rings (SSSR count). The fourth-order valence-electron chi connectivity index (χ4n) is 5.23. The van der Waals surface area contributed by atoms with Crippen molar-refractivity contribution in [2.75, 3.05) is 13.7 Å². The zero-order valence-corrected chi connectivity index (χ0v) is 19.2. The lowest BCUT2D eigenvalue weighted by atomic mass is 9.88. The van der Waals surface area contributed by atoms with Crippen molar-refractivity contribution >= 4 is 16.9 Å². The standard InChI is InChI=1S/C26H27FN4O3/c1-16-11-24(34-2)22(20-7-9-28-25(16)20)15-30-10-8-18(31-14-17(27)13-29-31)12-23(30)19-5-3-4-6-21(19)26(32)33/h3-7,9,11,13-14,18,23,28H,8,10,12,15H2,1-2H3,(H,32,33). The minimum atomic E-state index is -0.955. The molecule has 0 aliphatic carbocycles. The first kappa shape index (κ1) is 22.2. The zero-order chi connectivity index (χ0) is 23.8. The first-order valence-corrected chi connectivity index (χ1v) is 11.4. The minimum Gasteiger partial charge on any atom is -0.496 e. The molecule has 4 aromatic rings. The fraction of sp³-hybridized carbons (Fsp3) is 0.308. The lowest BCUT2D eigenvalue weighted by Gasteiger charge is -2.40. The predicted molar refractivity (Wildman–Crippen MR) is 127 cm³/mol. The van der Waals surface area contributed by atoms with Crippen molar-refractivity contribution in [3.05, 3.63) is 83.1 Å². The summed E-state index contributed by atoms with van der Waals surface area (Å²) in [5, 5.41) is 15.2. The van der Waals surface area contributed by atoms with E-state index in [9.17, 15) is 14.3 Å². The van der Waals surface area contributed by atoms with Crippen LogP contribution in [0.3, 0.4) is 0 Å². The van der Waals surface area contributed by atoms with Gasteiger partial charge in [-0.3, -0.25) is 9.58 Å². The van der Waals surface area contributed by atoms with Crippen LogP contribution in [0.25, 0.3) is 10.9 Å². The number of nitrogens with zero attached hydrogens (tertiary/aromatic N) is 3. The van der Waals surface area contributed by atoms with Crippen LogP contribution in [0.15, 0.2) is 55.0 Å². The van der Waals surface area contributed by atoms with Gasteiger partial charge in [-0.2, -0.15) is 5.10 Å². The highest BCUT2D eigenvalue weighted by atomic mass is 19.1. The Bertz CT molecular complexity index is 1350. The van der Waals surface area contributed by atoms with Gasteiger partial charge in [0.1, 0.15) is 5.75 Å². The number of H-pyrrole nitrogens is 1. The summed E-state index contributed by atoms with van der Waals surface area (Å²) < 4.78 is 21.1. The van der Waals surface area contributed by atoms with Gasteiger partial charge in [0, 0.05) is 41.8 Å². The largest absolute Gasteiger partial charge is 0.496 e. The Morgan fingerprint density at radius 2 is 2.15 bits per heavy atom. The normalized spacial score (nSPS) is 18.9. The Kier molecular flexibility index (Phi) is 5.83. The van der Waals surface area contributed by atoms with E-state index < -0.39 is 5.97 Å². The number of hydrogen-bond donors (Lipinski definition) is 2. The van der Waals surface area contributed by atoms with Gasteiger partial charge < -0.3 is 14.8 Å². The second-order valence-electron chi connectivity index (χ2n) is 8.84. The number of aromatic amines is 1. The molecule has 1 aliphatic heterocycles. The Morgan fingerprint density at radius 3 is 2.88 bits per heavy atom. The van der Waals surface area contributed by atoms with Crippen molar-refractivity contribution in [1.29, 1.82) is 0 Å². The summed E-state index contributed by atoms with van der Waals surface area (Å²) in [5.74, 6) is -0.515. The predicted octanol–water partition coefficient (Wildman–Crippen LogP) is 5.10. The molecule has 7 nitrogen and oxygen atoms in total. The van der Waals surface area contributed by atoms with Crippen LogP contribution >= 0.6 is 0 Å². The van der Waals surface area contributed by atoms with Crippen LogP contribution < -0.4 is 4.74 Å². The molecule has 0 spiro atoms. The summed E-state index contributed by atoms with van der Waals surface area (Å²) in [7, 11) is 1.67. The van der Waals surface area contributed by atoms with Crippen molar-refractivity contribution in [3.8, 4) is 5.75 Å². The second kappa shape index (κ2) is 8.95. The molecule has 1 aliphatic rings. The smallest absolute Gasteiger partial charge is 0.336 e. The van der Waals surface area contributed by atoms with Crippen LogP contribution in [0.4, 0.5) is 4.39 Å². The number of rotatable bonds is 6. The van der Waals surface area contributed by atoms with Crippen LogP contribution in [0.5, 0.6) is 5.75 Å². The van der Waals surface area contributed by atoms with Crippen molar-refractivity contribution in [1.82, 2.24) is 19.7 Å². The fourth-order valence-corrected chi connectivity index (χ4v) is 5.23. The Morgan fingerprint density at radius 1 is 1.32 bits per heavy atom. The maximum absolute atomic E-state index is 13.7. The van der Waals surface area contributed by atoms with E-state index in [1.165, 1.54) is 12.4 Å². The molecule has 8 heteroatoms. The number of ether oxygens (including phenoxy) is 1. The molecule has 1 saturated heterocycles. The van der Waals surface area contributed by atoms with E-state index in [4.69, 9.17) is 4.74 Å². The number of carboxylic acids is 1. The van der Waals surface area contributed by atoms with E-state index in [1.54, 1.807) is 23.9 Å². The number of halogens is 1. The average molecular weight is 463 g/mol. The van der Waals surface area contributed by atoms with E-state index in [0.29, 0.717) is 19.5 Å². The van der Waals surface area contributed by atoms with E-state index in [-0.39, 0.29) is 23.5 Å². The third kappa shape index (κ3) is 3.94. The highest BCUT2D eigenvalue weighted by Crippen LogP contribution is 2.41. The third-order valence-electron chi connectivity index (χ3n) is 6.87. The molecule has 2 aromatic carbocycles. The maximum atomic E-state index is 13.7. The topological polar surface area (TPSA) is 83.4 Å². The SMILES string of the molecule is COc1cc(C)c2[nH]ccc2c1CN1CCC(n2cc(F)cn2)CC1c1ccccc1C(=O)O. The number of benzene rings is 2. The molecule has 176 valence electrons. The number of aromatic carboxylic acids is 1. The summed E-state index contributed by atoms with van der Waals surface area (Å²) in [6.45, 7) is 3.34. The van der Waals surface area contributed by atoms with Crippen LogP contribution in [0.1, 0.15) is 52.0 Å². The molecule has 0 saturated carbocycles. The van der Waals surface area contributed by atoms with Gasteiger partial charge in [0.05, 0.1) is 31.1 Å². The number of aryl methyl sites for hydroxylation is 1. The molecular formula is C26H27FN4O3. The number of aromatic nitrogens is 3. The van der Waals surface area contributed by atoms with Gasteiger partial charge in [-0.1, -0.05) is 18.2 Å². The number of likely N-dealkylation sites (tertiary alicyclic amines) is 1. The molecule has 2 unspecified atom stereocenters. The number of hydrogen-bond acceptors (Lipinski definition) is 4. The van der Waals surface area contributed by atoms with Crippen LogP contribution in [-0.4, -0.2) is 44.4 Å². The molecule has 2 N–H and O–H groups in total. The molecule has 0 amide bonds. The van der Waals surface area contributed by atoms with Crippen LogP contribution in [-0.2, 0) is 6.54 Å². The van der Waals surface area contributed by atoms with Gasteiger partial charge in [-0.15, -0.1) is 0 Å². The molecule has 0 radical (unpaired) electrons. The third-order valence-corrected chi connectivity index (χ3v) is 6.87. The number of methoxy groups -OCH3 is 1. The molecule has 2 atom stereocenters. The Hall–Kier alpha value is -3.65. The monoisotopic (exact) mass is 462 g/mol. The molecular weight excluding hydrogens is 435 g/mol. The summed E-state index contributed by atoms with van der Waals surface area (Å²) in [4.78, 5) is 17.7. The molecule has 0 bridgehead atoms. The Balaban J connectivity index is 1.56. The van der Waals surface area contributed by atoms with E-state index in [0.717, 1.165) is 39.8 Å². The number of nitrogens with one attached hydrogen (secondary N) is 1. The van der Waals surface area contributed by atoms with Gasteiger partial charge in [0.25, 0.3) is 0 Å². The van der Waals surface area contributed by atoms with Gasteiger partial charge in [0.15, 0.2) is 5.82 Å². The van der Waals surface area contributed by atoms with E-state index in [1.807, 2.05) is 31.3 Å². The second-order valence-corrected chi connectivity index (χ2v) is 8.84. The quantitative estimate of drug-likeness (QED) is 0.417. The van der Waals surface area contributed by atoms with Gasteiger partial charge in [-0.25, -0.2) is 9.18 Å². The van der Waals surface area contributed by atoms with Crippen molar-refractivity contribution in [2.45, 2.75) is 38.4 Å². The number of fused-ring (bicyclic) bond motifs is 1. The summed E-state index contributed by atoms with van der Waals surface area (Å²) >= 11 is 0. The number of carbonyl (C=O) groups is 1. The van der Waals surface area contributed by atoms with Crippen LogP contribution in [0, 0.1) is 12.7 Å². The zero-order valence-electron chi connectivity index (χ0n) is 19.2. The molecule has 1 fully saturated rings. The summed E-state index contributed by atoms with van der Waals surface area (Å²) in [6, 6.07) is 11.0. The maximum Gasteiger partial charge on any atom is 0.336 e. The van der Waals surface area contributed by atoms with E-state index >= 15 is 0 Å². The summed E-state index contributed by atoms with van der Waals surface area (Å²) in [6.07, 6.45) is 5.95. The van der Waals surface area contributed by atoms with Gasteiger partial charge >= 0.3 is 5.97 Å². The lowest BCUT2D eigenvalue weighted by Crippen LogP contribution is -2.38. The average Bonchev–Trinajstić information content (AvgIpc) is 3.50. The molecule has 34 heavy (non-hydrogen) atoms. The van der Waals surface area contributed by atoms with Gasteiger partial charge in [0.2, 0.25) is 0 Å². The molecule has 2 aromatic heterocycles. The van der Waals surface area contributed by atoms with Crippen molar-refractivity contribution in [3.63, 3.8) is 0 Å². The first-order valence-electron chi connectivity index (χ1n) is 11.4. The van der Waals surface area contributed by atoms with E-state index in [2.05, 4.69) is 21.0 Å². The summed E-state index contributed by atoms with van der Waals surface area (Å²) in [5.41, 5.74) is 4.27. The lowest BCUT2D eigenvalue weighted by molar-refractivity contribution is 0.0682. The highest BCUT2D eigenvalue weighted by molar-refractivity contribution is 5.90. The number of piperidine rings is 1. The van der Waals surface area contributed by atoms with Gasteiger partial charge in [-0.05, 0) is 49.1 Å². The van der Waals surface area contributed by atoms with Crippen LogP contribution in [0.2, 0.25) is 0 Å². The van der Waals surface area contributed by atoms with Crippen molar-refractivity contribution in [2.24, 2.45) is 0 Å². The first-order chi connectivity index (χ1) is 16.5.